The summed E-state index contributed by atoms with van der Waals surface area (Å²) < 4.78 is 0. The highest BCUT2D eigenvalue weighted by Crippen LogP contribution is 2.22. The molecule has 106 valence electrons. The van der Waals surface area contributed by atoms with Crippen LogP contribution >= 0.6 is 0 Å². The summed E-state index contributed by atoms with van der Waals surface area (Å²) in [6.45, 7) is 0.946. The van der Waals surface area contributed by atoms with Gasteiger partial charge in [0.15, 0.2) is 0 Å². The van der Waals surface area contributed by atoms with Crippen LogP contribution in [0.1, 0.15) is 23.1 Å². The molecule has 4 rings (SSSR count). The van der Waals surface area contributed by atoms with Gasteiger partial charge in [0.25, 0.3) is 0 Å². The van der Waals surface area contributed by atoms with Gasteiger partial charge in [0.05, 0.1) is 0 Å². The Balaban J connectivity index is 1.47. The molecule has 0 fully saturated rings. The van der Waals surface area contributed by atoms with Crippen molar-refractivity contribution in [3.8, 4) is 0 Å². The molecule has 0 radical (unpaired) electrons. The van der Waals surface area contributed by atoms with Crippen molar-refractivity contribution >= 4 is 10.9 Å². The molecular weight excluding hydrogens is 256 g/mol. The fraction of sp³-hybridized carbons (Fsp3) is 0.263. The zero-order chi connectivity index (χ0) is 14.1. The third-order valence-electron chi connectivity index (χ3n) is 4.61. The van der Waals surface area contributed by atoms with Gasteiger partial charge in [-0.3, -0.25) is 0 Å². The van der Waals surface area contributed by atoms with E-state index in [4.69, 9.17) is 0 Å². The lowest BCUT2D eigenvalue weighted by Gasteiger charge is -2.25. The zero-order valence-electron chi connectivity index (χ0n) is 12.1. The van der Waals surface area contributed by atoms with Crippen LogP contribution in [0.3, 0.4) is 0 Å². The summed E-state index contributed by atoms with van der Waals surface area (Å²) >= 11 is 0. The minimum absolute atomic E-state index is 0.592. The Morgan fingerprint density at radius 2 is 1.90 bits per heavy atom. The van der Waals surface area contributed by atoms with Gasteiger partial charge in [-0.15, -0.1) is 0 Å². The van der Waals surface area contributed by atoms with Crippen molar-refractivity contribution in [2.75, 3.05) is 0 Å². The number of H-pyrrole nitrogens is 1. The Morgan fingerprint density at radius 3 is 2.86 bits per heavy atom. The fourth-order valence-electron chi connectivity index (χ4n) is 3.43. The van der Waals surface area contributed by atoms with E-state index in [1.54, 1.807) is 0 Å². The van der Waals surface area contributed by atoms with Gasteiger partial charge in [0.2, 0.25) is 0 Å². The van der Waals surface area contributed by atoms with E-state index in [1.807, 2.05) is 6.20 Å². The van der Waals surface area contributed by atoms with Crippen LogP contribution in [0.5, 0.6) is 0 Å². The summed E-state index contributed by atoms with van der Waals surface area (Å²) in [4.78, 5) is 3.28. The molecule has 1 unspecified atom stereocenters. The maximum absolute atomic E-state index is 3.75. The van der Waals surface area contributed by atoms with Crippen molar-refractivity contribution in [3.63, 3.8) is 0 Å². The summed E-state index contributed by atoms with van der Waals surface area (Å²) in [6, 6.07) is 18.1. The van der Waals surface area contributed by atoms with Crippen molar-refractivity contribution < 1.29 is 0 Å². The van der Waals surface area contributed by atoms with Gasteiger partial charge in [-0.25, -0.2) is 0 Å². The largest absolute Gasteiger partial charge is 0.361 e. The van der Waals surface area contributed by atoms with Gasteiger partial charge >= 0.3 is 0 Å². The number of aromatic amines is 1. The Labute approximate surface area is 125 Å². The second kappa shape index (κ2) is 5.38. The molecule has 1 heterocycles. The number of aryl methyl sites for hydroxylation is 1. The molecular formula is C19H20N2. The molecule has 1 aliphatic rings. The lowest BCUT2D eigenvalue weighted by atomic mass is 9.88. The van der Waals surface area contributed by atoms with Gasteiger partial charge in [-0.1, -0.05) is 36.4 Å². The lowest BCUT2D eigenvalue weighted by molar-refractivity contribution is 0.458. The standard InChI is InChI=1S/C19H20N2/c1-2-5-15-12-17(9-8-14(15)4-1)21-13-16-6-3-7-19-18(16)10-11-20-19/h1-7,10-11,17,20-21H,8-9,12-13H2. The van der Waals surface area contributed by atoms with Crippen molar-refractivity contribution in [2.45, 2.75) is 31.8 Å². The highest BCUT2D eigenvalue weighted by molar-refractivity contribution is 5.82. The summed E-state index contributed by atoms with van der Waals surface area (Å²) in [5.74, 6) is 0. The first-order valence-electron chi connectivity index (χ1n) is 7.75. The monoisotopic (exact) mass is 276 g/mol. The van der Waals surface area contributed by atoms with Crippen LogP contribution in [-0.4, -0.2) is 11.0 Å². The molecule has 0 amide bonds. The lowest BCUT2D eigenvalue weighted by Crippen LogP contribution is -2.34. The molecule has 2 heteroatoms. The van der Waals surface area contributed by atoms with Gasteiger partial charge in [-0.05, 0) is 48.1 Å². The normalized spacial score (nSPS) is 17.8. The van der Waals surface area contributed by atoms with E-state index in [0.717, 1.165) is 13.0 Å². The van der Waals surface area contributed by atoms with E-state index >= 15 is 0 Å². The van der Waals surface area contributed by atoms with Crippen LogP contribution in [-0.2, 0) is 19.4 Å². The zero-order valence-corrected chi connectivity index (χ0v) is 12.1. The number of benzene rings is 2. The topological polar surface area (TPSA) is 27.8 Å². The molecule has 21 heavy (non-hydrogen) atoms. The highest BCUT2D eigenvalue weighted by atomic mass is 14.9. The molecule has 0 saturated carbocycles. The molecule has 0 bridgehead atoms. The summed E-state index contributed by atoms with van der Waals surface area (Å²) in [5.41, 5.74) is 5.65. The number of nitrogens with one attached hydrogen (secondary N) is 2. The van der Waals surface area contributed by atoms with E-state index in [2.05, 4.69) is 58.8 Å². The van der Waals surface area contributed by atoms with Crippen LogP contribution in [0.4, 0.5) is 0 Å². The second-order valence-electron chi connectivity index (χ2n) is 5.95. The number of hydrogen-bond donors (Lipinski definition) is 2. The SMILES string of the molecule is c1ccc2c(c1)CCC(NCc1cccc3[nH]ccc13)C2. The maximum atomic E-state index is 3.75. The molecule has 1 atom stereocenters. The number of hydrogen-bond acceptors (Lipinski definition) is 1. The molecule has 2 nitrogen and oxygen atoms in total. The Hall–Kier alpha value is -2.06. The van der Waals surface area contributed by atoms with Crippen LogP contribution in [0.15, 0.2) is 54.7 Å². The first-order chi connectivity index (χ1) is 10.4. The highest BCUT2D eigenvalue weighted by Gasteiger charge is 2.17. The first kappa shape index (κ1) is 12.7. The van der Waals surface area contributed by atoms with Gasteiger partial charge in [0, 0.05) is 29.7 Å². The molecule has 2 N–H and O–H groups in total. The Kier molecular flexibility index (Phi) is 3.24. The first-order valence-corrected chi connectivity index (χ1v) is 7.75. The van der Waals surface area contributed by atoms with Crippen molar-refractivity contribution in [1.29, 1.82) is 0 Å². The average Bonchev–Trinajstić information content (AvgIpc) is 3.02. The van der Waals surface area contributed by atoms with E-state index in [-0.39, 0.29) is 0 Å². The third kappa shape index (κ3) is 2.47. The second-order valence-corrected chi connectivity index (χ2v) is 5.95. The fourth-order valence-corrected chi connectivity index (χ4v) is 3.43. The molecule has 1 aliphatic carbocycles. The molecule has 0 saturated heterocycles. The van der Waals surface area contributed by atoms with Crippen molar-refractivity contribution in [1.82, 2.24) is 10.3 Å². The van der Waals surface area contributed by atoms with Crippen LogP contribution in [0, 0.1) is 0 Å². The molecule has 0 spiro atoms. The number of fused-ring (bicyclic) bond motifs is 2. The van der Waals surface area contributed by atoms with E-state index in [1.165, 1.54) is 40.4 Å². The summed E-state index contributed by atoms with van der Waals surface area (Å²) in [5, 5.41) is 5.08. The molecule has 0 aliphatic heterocycles. The smallest absolute Gasteiger partial charge is 0.0457 e. The van der Waals surface area contributed by atoms with E-state index < -0.39 is 0 Å². The minimum Gasteiger partial charge on any atom is -0.361 e. The quantitative estimate of drug-likeness (QED) is 0.748. The molecule has 3 aromatic rings. The Morgan fingerprint density at radius 1 is 1.00 bits per heavy atom. The summed E-state index contributed by atoms with van der Waals surface area (Å²) in [7, 11) is 0. The van der Waals surface area contributed by atoms with E-state index in [0.29, 0.717) is 6.04 Å². The number of rotatable bonds is 3. The van der Waals surface area contributed by atoms with Crippen molar-refractivity contribution in [2.24, 2.45) is 0 Å². The Bertz CT molecular complexity index is 757. The van der Waals surface area contributed by atoms with Gasteiger partial charge in [-0.2, -0.15) is 0 Å². The predicted octanol–water partition coefficient (Wildman–Crippen LogP) is 3.82. The van der Waals surface area contributed by atoms with E-state index in [9.17, 15) is 0 Å². The molecule has 1 aromatic heterocycles. The van der Waals surface area contributed by atoms with Crippen molar-refractivity contribution in [3.05, 3.63) is 71.4 Å². The van der Waals surface area contributed by atoms with Gasteiger partial charge < -0.3 is 10.3 Å². The minimum atomic E-state index is 0.592. The predicted molar refractivity (Wildman–Crippen MR) is 87.4 cm³/mol. The van der Waals surface area contributed by atoms with Gasteiger partial charge in [0.1, 0.15) is 0 Å². The van der Waals surface area contributed by atoms with Crippen LogP contribution < -0.4 is 5.32 Å². The molecule has 2 aromatic carbocycles. The summed E-state index contributed by atoms with van der Waals surface area (Å²) in [6.07, 6.45) is 5.60. The maximum Gasteiger partial charge on any atom is 0.0457 e. The average molecular weight is 276 g/mol. The van der Waals surface area contributed by atoms with Crippen LogP contribution in [0.25, 0.3) is 10.9 Å². The number of aromatic nitrogens is 1. The third-order valence-corrected chi connectivity index (χ3v) is 4.61. The van der Waals surface area contributed by atoms with Crippen LogP contribution in [0.2, 0.25) is 0 Å².